The van der Waals surface area contributed by atoms with Gasteiger partial charge in [-0.05, 0) is 66.7 Å². The van der Waals surface area contributed by atoms with Crippen LogP contribution in [0.4, 0.5) is 0 Å². The topological polar surface area (TPSA) is 69.7 Å². The number of ketones is 1. The maximum Gasteiger partial charge on any atom is 0.343 e. The van der Waals surface area contributed by atoms with E-state index in [1.165, 1.54) is 18.2 Å². The molecule has 0 aliphatic carbocycles. The lowest BCUT2D eigenvalue weighted by molar-refractivity contribution is 0.0717. The Kier molecular flexibility index (Phi) is 7.35. The van der Waals surface area contributed by atoms with E-state index in [-0.39, 0.29) is 22.8 Å². The van der Waals surface area contributed by atoms with E-state index in [1.807, 2.05) is 0 Å². The molecule has 0 aliphatic rings. The molecule has 0 aliphatic heterocycles. The Bertz CT molecular complexity index is 1350. The lowest BCUT2D eigenvalue weighted by Gasteiger charge is -2.12. The predicted molar refractivity (Wildman–Crippen MR) is 135 cm³/mol. The Morgan fingerprint density at radius 3 is 1.65 bits per heavy atom. The van der Waals surface area contributed by atoms with Gasteiger partial charge in [-0.1, -0.05) is 62.2 Å². The van der Waals surface area contributed by atoms with Crippen LogP contribution < -0.4 is 9.47 Å². The maximum absolute atomic E-state index is 13.2. The second-order valence-electron chi connectivity index (χ2n) is 7.15. The number of esters is 2. The van der Waals surface area contributed by atoms with Gasteiger partial charge in [0.1, 0.15) is 11.5 Å². The van der Waals surface area contributed by atoms with Crippen molar-refractivity contribution in [1.82, 2.24) is 0 Å². The Hall–Kier alpha value is -3.55. The van der Waals surface area contributed by atoms with Gasteiger partial charge in [-0.15, -0.1) is 0 Å². The van der Waals surface area contributed by atoms with E-state index in [2.05, 4.69) is 31.9 Å². The van der Waals surface area contributed by atoms with Crippen LogP contribution in [-0.2, 0) is 0 Å². The average Bonchev–Trinajstić information content (AvgIpc) is 2.85. The van der Waals surface area contributed by atoms with Crippen molar-refractivity contribution in [1.29, 1.82) is 0 Å². The fraction of sp³-hybridized carbons (Fsp3) is 0. The molecular weight excluding hydrogens is 564 g/mol. The number of hydrogen-bond donors (Lipinski definition) is 0. The minimum atomic E-state index is -0.616. The third kappa shape index (κ3) is 5.68. The van der Waals surface area contributed by atoms with E-state index in [0.717, 1.165) is 8.95 Å². The van der Waals surface area contributed by atoms with Crippen LogP contribution in [-0.4, -0.2) is 17.7 Å². The number of rotatable bonds is 6. The standard InChI is InChI=1S/C27H16Br2O5/c28-20-10-6-18(7-11-20)26(31)33-22-14-15-24(34-27(32)19-8-12-21(29)13-9-19)23(16-22)25(30)17-4-2-1-3-5-17/h1-16H. The highest BCUT2D eigenvalue weighted by atomic mass is 79.9. The molecule has 4 aromatic rings. The van der Waals surface area contributed by atoms with Crippen molar-refractivity contribution in [2.75, 3.05) is 0 Å². The van der Waals surface area contributed by atoms with Crippen molar-refractivity contribution in [2.45, 2.75) is 0 Å². The number of halogens is 2. The molecule has 0 aromatic heterocycles. The van der Waals surface area contributed by atoms with Crippen LogP contribution in [0, 0.1) is 0 Å². The van der Waals surface area contributed by atoms with Gasteiger partial charge < -0.3 is 9.47 Å². The van der Waals surface area contributed by atoms with Crippen LogP contribution in [0.15, 0.2) is 106 Å². The first-order valence-electron chi connectivity index (χ1n) is 10.1. The molecule has 0 heterocycles. The van der Waals surface area contributed by atoms with Crippen LogP contribution in [0.1, 0.15) is 36.6 Å². The zero-order valence-electron chi connectivity index (χ0n) is 17.5. The molecule has 0 unspecified atom stereocenters. The number of carbonyl (C=O) groups excluding carboxylic acids is 3. The third-order valence-electron chi connectivity index (χ3n) is 4.80. The normalized spacial score (nSPS) is 10.4. The molecule has 5 nitrogen and oxygen atoms in total. The highest BCUT2D eigenvalue weighted by Gasteiger charge is 2.20. The Morgan fingerprint density at radius 1 is 0.559 bits per heavy atom. The highest BCUT2D eigenvalue weighted by Crippen LogP contribution is 2.28. The number of carbonyl (C=O) groups is 3. The van der Waals surface area contributed by atoms with Crippen molar-refractivity contribution in [2.24, 2.45) is 0 Å². The predicted octanol–water partition coefficient (Wildman–Crippen LogP) is 6.88. The molecule has 0 spiro atoms. The lowest BCUT2D eigenvalue weighted by Crippen LogP contribution is -2.13. The van der Waals surface area contributed by atoms with Crippen LogP contribution in [0.5, 0.6) is 11.5 Å². The van der Waals surface area contributed by atoms with E-state index in [4.69, 9.17) is 9.47 Å². The molecule has 0 saturated carbocycles. The molecular formula is C27H16Br2O5. The lowest BCUT2D eigenvalue weighted by atomic mass is 10.0. The van der Waals surface area contributed by atoms with E-state index in [0.29, 0.717) is 16.7 Å². The number of ether oxygens (including phenoxy) is 2. The summed E-state index contributed by atoms with van der Waals surface area (Å²) in [6.45, 7) is 0. The van der Waals surface area contributed by atoms with E-state index in [9.17, 15) is 14.4 Å². The maximum atomic E-state index is 13.2. The SMILES string of the molecule is O=C(Oc1ccc(OC(=O)c2ccc(Br)cc2)c(C(=O)c2ccccc2)c1)c1ccc(Br)cc1. The van der Waals surface area contributed by atoms with Crippen LogP contribution in [0.2, 0.25) is 0 Å². The molecule has 4 aromatic carbocycles. The first-order valence-corrected chi connectivity index (χ1v) is 11.7. The van der Waals surface area contributed by atoms with Gasteiger partial charge in [0.15, 0.2) is 5.78 Å². The summed E-state index contributed by atoms with van der Waals surface area (Å²) in [5, 5.41) is 0. The van der Waals surface area contributed by atoms with Crippen LogP contribution >= 0.6 is 31.9 Å². The number of hydrogen-bond acceptors (Lipinski definition) is 5. The Balaban J connectivity index is 1.65. The van der Waals surface area contributed by atoms with Crippen LogP contribution in [0.3, 0.4) is 0 Å². The van der Waals surface area contributed by atoms with E-state index >= 15 is 0 Å². The van der Waals surface area contributed by atoms with Crippen LogP contribution in [0.25, 0.3) is 0 Å². The monoisotopic (exact) mass is 578 g/mol. The summed E-state index contributed by atoms with van der Waals surface area (Å²) in [6, 6.07) is 26.2. The molecule has 0 N–H and O–H groups in total. The van der Waals surface area contributed by atoms with E-state index in [1.54, 1.807) is 78.9 Å². The van der Waals surface area contributed by atoms with Crippen molar-refractivity contribution in [3.8, 4) is 11.5 Å². The molecule has 0 fully saturated rings. The van der Waals surface area contributed by atoms with Crippen molar-refractivity contribution in [3.05, 3.63) is 128 Å². The third-order valence-corrected chi connectivity index (χ3v) is 5.86. The van der Waals surface area contributed by atoms with Gasteiger partial charge in [0.25, 0.3) is 0 Å². The fourth-order valence-electron chi connectivity index (χ4n) is 3.08. The number of benzene rings is 4. The van der Waals surface area contributed by atoms with Gasteiger partial charge in [0.2, 0.25) is 0 Å². The van der Waals surface area contributed by atoms with Gasteiger partial charge in [0, 0.05) is 14.5 Å². The van der Waals surface area contributed by atoms with Crippen molar-refractivity contribution >= 4 is 49.6 Å². The summed E-state index contributed by atoms with van der Waals surface area (Å²) in [6.07, 6.45) is 0. The first-order chi connectivity index (χ1) is 16.4. The average molecular weight is 580 g/mol. The molecule has 0 atom stereocenters. The summed E-state index contributed by atoms with van der Waals surface area (Å²) in [4.78, 5) is 38.4. The second-order valence-corrected chi connectivity index (χ2v) is 8.98. The summed E-state index contributed by atoms with van der Waals surface area (Å²) < 4.78 is 12.7. The van der Waals surface area contributed by atoms with Gasteiger partial charge >= 0.3 is 11.9 Å². The zero-order chi connectivity index (χ0) is 24.1. The Morgan fingerprint density at radius 2 is 1.09 bits per heavy atom. The minimum Gasteiger partial charge on any atom is -0.423 e. The molecule has 168 valence electrons. The summed E-state index contributed by atoms with van der Waals surface area (Å²) in [7, 11) is 0. The van der Waals surface area contributed by atoms with Gasteiger partial charge in [-0.2, -0.15) is 0 Å². The summed E-state index contributed by atoms with van der Waals surface area (Å²) >= 11 is 6.65. The molecule has 0 radical (unpaired) electrons. The molecule has 0 saturated heterocycles. The van der Waals surface area contributed by atoms with Crippen molar-refractivity contribution in [3.63, 3.8) is 0 Å². The summed E-state index contributed by atoms with van der Waals surface area (Å²) in [5.74, 6) is -1.36. The quantitative estimate of drug-likeness (QED) is 0.141. The second kappa shape index (κ2) is 10.6. The smallest absolute Gasteiger partial charge is 0.343 e. The van der Waals surface area contributed by atoms with Gasteiger partial charge in [-0.3, -0.25) is 4.79 Å². The molecule has 34 heavy (non-hydrogen) atoms. The van der Waals surface area contributed by atoms with Gasteiger partial charge in [0.05, 0.1) is 16.7 Å². The Labute approximate surface area is 212 Å². The minimum absolute atomic E-state index is 0.0604. The molecule has 0 bridgehead atoms. The first kappa shape index (κ1) is 23.6. The molecule has 0 amide bonds. The van der Waals surface area contributed by atoms with Gasteiger partial charge in [-0.25, -0.2) is 9.59 Å². The van der Waals surface area contributed by atoms with Crippen molar-refractivity contribution < 1.29 is 23.9 Å². The molecule has 7 heteroatoms. The highest BCUT2D eigenvalue weighted by molar-refractivity contribution is 9.10. The largest absolute Gasteiger partial charge is 0.423 e. The van der Waals surface area contributed by atoms with E-state index < -0.39 is 11.9 Å². The summed E-state index contributed by atoms with van der Waals surface area (Å²) in [5.41, 5.74) is 1.18. The molecule has 4 rings (SSSR count). The fourth-order valence-corrected chi connectivity index (χ4v) is 3.61. The zero-order valence-corrected chi connectivity index (χ0v) is 20.7.